The van der Waals surface area contributed by atoms with Gasteiger partial charge in [-0.15, -0.1) is 0 Å². The molecule has 0 aliphatic rings. The maximum Gasteiger partial charge on any atom is 0.137 e. The Morgan fingerprint density at radius 1 is 1.28 bits per heavy atom. The maximum absolute atomic E-state index is 11.4. The lowest BCUT2D eigenvalue weighted by Crippen LogP contribution is -1.99. The molecule has 0 aliphatic heterocycles. The van der Waals surface area contributed by atoms with E-state index in [-0.39, 0.29) is 5.15 Å². The number of nitrogens with zero attached hydrogens (tertiary/aromatic N) is 1. The standard InChI is InChI=1S/C13H10ClNO2S/c1-17-9-4-2-8(3-5-9)11-10(13(16)18)6-7-15-12(11)14/h2-7H,1H3,(H,16,18)/p-1. The number of hydrogen-bond donors (Lipinski definition) is 0. The molecule has 0 saturated heterocycles. The summed E-state index contributed by atoms with van der Waals surface area (Å²) < 4.78 is 5.08. The summed E-state index contributed by atoms with van der Waals surface area (Å²) in [6.45, 7) is 0. The molecule has 0 fully saturated rings. The molecule has 0 amide bonds. The molecular weight excluding hydrogens is 270 g/mol. The van der Waals surface area contributed by atoms with Crippen LogP contribution in [0.25, 0.3) is 11.1 Å². The molecule has 0 N–H and O–H groups in total. The quantitative estimate of drug-likeness (QED) is 0.639. The number of benzene rings is 1. The first kappa shape index (κ1) is 12.8. The van der Waals surface area contributed by atoms with Crippen LogP contribution in [0.2, 0.25) is 5.15 Å². The van der Waals surface area contributed by atoms with E-state index in [4.69, 9.17) is 29.0 Å². The summed E-state index contributed by atoms with van der Waals surface area (Å²) in [5.41, 5.74) is 1.72. The zero-order chi connectivity index (χ0) is 13.1. The van der Waals surface area contributed by atoms with E-state index in [9.17, 15) is 4.79 Å². The summed E-state index contributed by atoms with van der Waals surface area (Å²) in [4.78, 5) is 15.4. The molecule has 2 aromatic rings. The number of rotatable bonds is 3. The first-order valence-electron chi connectivity index (χ1n) is 5.13. The largest absolute Gasteiger partial charge is 0.737 e. The monoisotopic (exact) mass is 278 g/mol. The molecule has 0 radical (unpaired) electrons. The summed E-state index contributed by atoms with van der Waals surface area (Å²) in [6.07, 6.45) is 1.47. The van der Waals surface area contributed by atoms with Crippen LogP contribution in [-0.4, -0.2) is 17.2 Å². The number of aromatic nitrogens is 1. The van der Waals surface area contributed by atoms with Crippen molar-refractivity contribution < 1.29 is 9.53 Å². The number of hydrogen-bond acceptors (Lipinski definition) is 4. The van der Waals surface area contributed by atoms with Crippen molar-refractivity contribution in [1.82, 2.24) is 4.98 Å². The Bertz CT molecular complexity index is 584. The molecule has 18 heavy (non-hydrogen) atoms. The molecule has 0 atom stereocenters. The van der Waals surface area contributed by atoms with E-state index in [1.54, 1.807) is 25.3 Å². The topological polar surface area (TPSA) is 39.2 Å². The number of halogens is 1. The molecule has 0 spiro atoms. The Labute approximate surface area is 115 Å². The molecular formula is C13H9ClNO2S-. The highest BCUT2D eigenvalue weighted by atomic mass is 35.5. The van der Waals surface area contributed by atoms with E-state index in [0.717, 1.165) is 11.3 Å². The lowest BCUT2D eigenvalue weighted by Gasteiger charge is -2.12. The smallest absolute Gasteiger partial charge is 0.137 e. The minimum absolute atomic E-state index is 0.260. The van der Waals surface area contributed by atoms with Crippen molar-refractivity contribution in [2.24, 2.45) is 0 Å². The van der Waals surface area contributed by atoms with Crippen LogP contribution in [0.1, 0.15) is 10.4 Å². The summed E-state index contributed by atoms with van der Waals surface area (Å²) in [5.74, 6) is 0.727. The molecule has 1 aromatic heterocycles. The average molecular weight is 279 g/mol. The van der Waals surface area contributed by atoms with Gasteiger partial charge in [0.1, 0.15) is 10.9 Å². The third-order valence-electron chi connectivity index (χ3n) is 2.50. The number of carbonyl (C=O) groups excluding carboxylic acids is 1. The Hall–Kier alpha value is -1.65. The van der Waals surface area contributed by atoms with Crippen LogP contribution in [0.3, 0.4) is 0 Å². The van der Waals surface area contributed by atoms with Crippen molar-refractivity contribution in [3.8, 4) is 16.9 Å². The predicted octanol–water partition coefficient (Wildman–Crippen LogP) is 3.10. The van der Waals surface area contributed by atoms with Gasteiger partial charge in [0, 0.05) is 22.4 Å². The fraction of sp³-hybridized carbons (Fsp3) is 0.0769. The van der Waals surface area contributed by atoms with Crippen LogP contribution in [0.15, 0.2) is 36.5 Å². The zero-order valence-corrected chi connectivity index (χ0v) is 11.1. The number of carbonyl (C=O) groups is 1. The molecule has 5 heteroatoms. The second kappa shape index (κ2) is 5.33. The fourth-order valence-corrected chi connectivity index (χ4v) is 2.08. The normalized spacial score (nSPS) is 10.1. The lowest BCUT2D eigenvalue weighted by atomic mass is 10.0. The SMILES string of the molecule is COc1ccc(-c2c(C(=O)[S-])ccnc2Cl)cc1. The van der Waals surface area contributed by atoms with Gasteiger partial charge in [-0.3, -0.25) is 0 Å². The Balaban J connectivity index is 2.58. The van der Waals surface area contributed by atoms with E-state index in [0.29, 0.717) is 11.1 Å². The van der Waals surface area contributed by atoms with Gasteiger partial charge < -0.3 is 22.2 Å². The van der Waals surface area contributed by atoms with Crippen LogP contribution in [0, 0.1) is 0 Å². The van der Waals surface area contributed by atoms with E-state index in [2.05, 4.69) is 4.98 Å². The molecule has 3 nitrogen and oxygen atoms in total. The molecule has 0 bridgehead atoms. The van der Waals surface area contributed by atoms with Crippen LogP contribution in [-0.2, 0) is 12.6 Å². The van der Waals surface area contributed by atoms with E-state index in [1.807, 2.05) is 12.1 Å². The van der Waals surface area contributed by atoms with E-state index in [1.165, 1.54) is 6.20 Å². The van der Waals surface area contributed by atoms with Gasteiger partial charge in [0.05, 0.1) is 7.11 Å². The molecule has 0 aliphatic carbocycles. The second-order valence-corrected chi connectivity index (χ2v) is 4.27. The highest BCUT2D eigenvalue weighted by Crippen LogP contribution is 2.31. The number of ether oxygens (including phenoxy) is 1. The third kappa shape index (κ3) is 2.44. The van der Waals surface area contributed by atoms with Crippen molar-refractivity contribution in [3.63, 3.8) is 0 Å². The van der Waals surface area contributed by atoms with Crippen molar-refractivity contribution in [3.05, 3.63) is 47.2 Å². The molecule has 2 rings (SSSR count). The van der Waals surface area contributed by atoms with E-state index >= 15 is 0 Å². The van der Waals surface area contributed by atoms with Crippen LogP contribution < -0.4 is 4.74 Å². The Morgan fingerprint density at radius 3 is 2.50 bits per heavy atom. The summed E-state index contributed by atoms with van der Waals surface area (Å²) in [7, 11) is 1.59. The first-order valence-corrected chi connectivity index (χ1v) is 5.92. The summed E-state index contributed by atoms with van der Waals surface area (Å²) >= 11 is 10.7. The van der Waals surface area contributed by atoms with Gasteiger partial charge >= 0.3 is 0 Å². The molecule has 1 aromatic carbocycles. The predicted molar refractivity (Wildman–Crippen MR) is 72.9 cm³/mol. The van der Waals surface area contributed by atoms with E-state index < -0.39 is 5.12 Å². The van der Waals surface area contributed by atoms with Crippen LogP contribution >= 0.6 is 11.6 Å². The zero-order valence-electron chi connectivity index (χ0n) is 9.51. The number of methoxy groups -OCH3 is 1. The molecule has 0 unspecified atom stereocenters. The molecule has 92 valence electrons. The van der Waals surface area contributed by atoms with Gasteiger partial charge in [-0.1, -0.05) is 23.7 Å². The molecule has 1 heterocycles. The summed E-state index contributed by atoms with van der Waals surface area (Å²) in [6, 6.07) is 8.76. The van der Waals surface area contributed by atoms with Crippen LogP contribution in [0.5, 0.6) is 5.75 Å². The highest BCUT2D eigenvalue weighted by Gasteiger charge is 2.11. The van der Waals surface area contributed by atoms with Crippen molar-refractivity contribution >= 4 is 29.3 Å². The fourth-order valence-electron chi connectivity index (χ4n) is 1.64. The van der Waals surface area contributed by atoms with Crippen LogP contribution in [0.4, 0.5) is 0 Å². The summed E-state index contributed by atoms with van der Waals surface area (Å²) in [5, 5.41) is -0.194. The van der Waals surface area contributed by atoms with Crippen molar-refractivity contribution in [2.45, 2.75) is 0 Å². The van der Waals surface area contributed by atoms with Gasteiger partial charge in [0.25, 0.3) is 0 Å². The lowest BCUT2D eigenvalue weighted by molar-refractivity contribution is 0.109. The minimum atomic E-state index is -0.454. The minimum Gasteiger partial charge on any atom is -0.737 e. The Kier molecular flexibility index (Phi) is 3.79. The van der Waals surface area contributed by atoms with Gasteiger partial charge in [-0.25, -0.2) is 4.98 Å². The van der Waals surface area contributed by atoms with Crippen molar-refractivity contribution in [2.75, 3.05) is 7.11 Å². The van der Waals surface area contributed by atoms with Gasteiger partial charge in [-0.2, -0.15) is 0 Å². The maximum atomic E-state index is 11.4. The number of pyridine rings is 1. The second-order valence-electron chi connectivity index (χ2n) is 3.54. The van der Waals surface area contributed by atoms with Gasteiger partial charge in [0.15, 0.2) is 0 Å². The highest BCUT2D eigenvalue weighted by molar-refractivity contribution is 7.77. The van der Waals surface area contributed by atoms with Gasteiger partial charge in [-0.05, 0) is 23.8 Å². The Morgan fingerprint density at radius 2 is 1.94 bits per heavy atom. The van der Waals surface area contributed by atoms with Gasteiger partial charge in [0.2, 0.25) is 0 Å². The molecule has 0 saturated carbocycles. The average Bonchev–Trinajstić information content (AvgIpc) is 2.38. The third-order valence-corrected chi connectivity index (χ3v) is 3.01. The first-order chi connectivity index (χ1) is 8.63. The van der Waals surface area contributed by atoms with Crippen molar-refractivity contribution in [1.29, 1.82) is 0 Å².